The first-order valence-corrected chi connectivity index (χ1v) is 9.24. The van der Waals surface area contributed by atoms with Crippen molar-refractivity contribution >= 4 is 22.5 Å². The maximum Gasteiger partial charge on any atom is 0.227 e. The van der Waals surface area contributed by atoms with E-state index in [2.05, 4.69) is 34.1 Å². The number of carbonyl (C=O) groups excluding carboxylic acids is 1. The zero-order valence-electron chi connectivity index (χ0n) is 15.5. The quantitative estimate of drug-likeness (QED) is 0.716. The second kappa shape index (κ2) is 7.66. The van der Waals surface area contributed by atoms with Crippen LogP contribution in [0.3, 0.4) is 0 Å². The molecule has 1 fully saturated rings. The molecule has 1 saturated heterocycles. The number of rotatable bonds is 4. The number of carbonyl (C=O) groups is 1. The lowest BCUT2D eigenvalue weighted by Gasteiger charge is -2.36. The lowest BCUT2D eigenvalue weighted by molar-refractivity contribution is -0.130. The van der Waals surface area contributed by atoms with E-state index < -0.39 is 0 Å². The van der Waals surface area contributed by atoms with E-state index in [0.29, 0.717) is 6.42 Å². The number of fused-ring (bicyclic) bond motifs is 1. The minimum absolute atomic E-state index is 0.177. The number of nitrogens with zero attached hydrogens (tertiary/aromatic N) is 3. The number of piperazine rings is 1. The molecule has 3 aromatic rings. The topological polar surface area (TPSA) is 45.7 Å². The summed E-state index contributed by atoms with van der Waals surface area (Å²) in [4.78, 5) is 21.5. The van der Waals surface area contributed by atoms with Gasteiger partial charge < -0.3 is 14.5 Å². The fourth-order valence-electron chi connectivity index (χ4n) is 3.57. The summed E-state index contributed by atoms with van der Waals surface area (Å²) in [6, 6.07) is 18.0. The predicted molar refractivity (Wildman–Crippen MR) is 107 cm³/mol. The van der Waals surface area contributed by atoms with Crippen molar-refractivity contribution < 1.29 is 9.53 Å². The van der Waals surface area contributed by atoms with E-state index in [1.807, 2.05) is 41.4 Å². The van der Waals surface area contributed by atoms with Crippen molar-refractivity contribution in [2.75, 3.05) is 38.2 Å². The van der Waals surface area contributed by atoms with Gasteiger partial charge in [-0.25, -0.2) is 0 Å². The van der Waals surface area contributed by atoms with Gasteiger partial charge >= 0.3 is 0 Å². The van der Waals surface area contributed by atoms with Gasteiger partial charge in [0.1, 0.15) is 5.75 Å². The number of hydrogen-bond donors (Lipinski definition) is 0. The normalized spacial score (nSPS) is 14.4. The van der Waals surface area contributed by atoms with Crippen LogP contribution in [-0.4, -0.2) is 49.1 Å². The summed E-state index contributed by atoms with van der Waals surface area (Å²) < 4.78 is 5.17. The molecule has 27 heavy (non-hydrogen) atoms. The first kappa shape index (κ1) is 17.3. The minimum Gasteiger partial charge on any atom is -0.497 e. The number of para-hydroxylation sites is 1. The number of ether oxygens (including phenoxy) is 1. The Morgan fingerprint density at radius 2 is 1.74 bits per heavy atom. The summed E-state index contributed by atoms with van der Waals surface area (Å²) in [5, 5.41) is 1.15. The molecule has 1 aliphatic heterocycles. The molecule has 5 heteroatoms. The first-order chi connectivity index (χ1) is 13.2. The molecule has 0 radical (unpaired) electrons. The van der Waals surface area contributed by atoms with Gasteiger partial charge in [0.05, 0.1) is 24.7 Å². The van der Waals surface area contributed by atoms with Crippen molar-refractivity contribution in [3.05, 3.63) is 66.4 Å². The second-order valence-corrected chi connectivity index (χ2v) is 6.74. The number of benzene rings is 2. The van der Waals surface area contributed by atoms with Gasteiger partial charge in [-0.05, 0) is 29.8 Å². The van der Waals surface area contributed by atoms with Crippen molar-refractivity contribution in [1.82, 2.24) is 9.88 Å². The molecule has 0 atom stereocenters. The van der Waals surface area contributed by atoms with Crippen LogP contribution in [0.1, 0.15) is 5.56 Å². The molecule has 0 spiro atoms. The van der Waals surface area contributed by atoms with Gasteiger partial charge in [-0.2, -0.15) is 0 Å². The van der Waals surface area contributed by atoms with Gasteiger partial charge in [-0.3, -0.25) is 9.78 Å². The van der Waals surface area contributed by atoms with Gasteiger partial charge in [-0.1, -0.05) is 30.3 Å². The Balaban J connectivity index is 1.40. The second-order valence-electron chi connectivity index (χ2n) is 6.74. The molecule has 0 unspecified atom stereocenters. The summed E-state index contributed by atoms with van der Waals surface area (Å²) >= 11 is 0. The van der Waals surface area contributed by atoms with Crippen LogP contribution in [0.4, 0.5) is 5.69 Å². The molecule has 138 valence electrons. The number of hydrogen-bond acceptors (Lipinski definition) is 4. The van der Waals surface area contributed by atoms with Crippen molar-refractivity contribution in [1.29, 1.82) is 0 Å². The van der Waals surface area contributed by atoms with Crippen LogP contribution in [0.25, 0.3) is 10.9 Å². The number of aromatic nitrogens is 1. The third-order valence-electron chi connectivity index (χ3n) is 5.10. The zero-order chi connectivity index (χ0) is 18.6. The third kappa shape index (κ3) is 3.72. The summed E-state index contributed by atoms with van der Waals surface area (Å²) in [5.41, 5.74) is 3.19. The largest absolute Gasteiger partial charge is 0.497 e. The van der Waals surface area contributed by atoms with Crippen LogP contribution in [0.15, 0.2) is 60.8 Å². The smallest absolute Gasteiger partial charge is 0.227 e. The Kier molecular flexibility index (Phi) is 4.92. The molecule has 2 heterocycles. The van der Waals surface area contributed by atoms with E-state index in [1.54, 1.807) is 7.11 Å². The van der Waals surface area contributed by atoms with Crippen molar-refractivity contribution in [2.24, 2.45) is 0 Å². The summed E-state index contributed by atoms with van der Waals surface area (Å²) in [7, 11) is 1.64. The molecule has 1 amide bonds. The van der Waals surface area contributed by atoms with Crippen LogP contribution in [0.5, 0.6) is 5.75 Å². The number of anilines is 1. The van der Waals surface area contributed by atoms with Gasteiger partial charge in [-0.15, -0.1) is 0 Å². The van der Waals surface area contributed by atoms with Crippen LogP contribution in [0.2, 0.25) is 0 Å². The monoisotopic (exact) mass is 361 g/mol. The lowest BCUT2D eigenvalue weighted by atomic mass is 10.1. The van der Waals surface area contributed by atoms with Crippen molar-refractivity contribution in [2.45, 2.75) is 6.42 Å². The Labute approximate surface area is 159 Å². The van der Waals surface area contributed by atoms with Crippen LogP contribution < -0.4 is 9.64 Å². The SMILES string of the molecule is COc1ccc(CC(=O)N2CCN(c3cccc4cccnc34)CC2)cc1. The number of pyridine rings is 1. The van der Waals surface area contributed by atoms with Crippen molar-refractivity contribution in [3.8, 4) is 5.75 Å². The Morgan fingerprint density at radius 3 is 2.48 bits per heavy atom. The maximum atomic E-state index is 12.6. The summed E-state index contributed by atoms with van der Waals surface area (Å²) in [6.45, 7) is 3.12. The highest BCUT2D eigenvalue weighted by atomic mass is 16.5. The van der Waals surface area contributed by atoms with Crippen LogP contribution >= 0.6 is 0 Å². The molecule has 0 bridgehead atoms. The van der Waals surface area contributed by atoms with Gasteiger partial charge in [0.2, 0.25) is 5.91 Å². The summed E-state index contributed by atoms with van der Waals surface area (Å²) in [6.07, 6.45) is 2.26. The van der Waals surface area contributed by atoms with Crippen molar-refractivity contribution in [3.63, 3.8) is 0 Å². The third-order valence-corrected chi connectivity index (χ3v) is 5.10. The van der Waals surface area contributed by atoms with E-state index in [4.69, 9.17) is 4.74 Å². The molecular weight excluding hydrogens is 338 g/mol. The highest BCUT2D eigenvalue weighted by molar-refractivity contribution is 5.90. The van der Waals surface area contributed by atoms with Crippen LogP contribution in [0, 0.1) is 0 Å². The fourth-order valence-corrected chi connectivity index (χ4v) is 3.57. The molecule has 5 nitrogen and oxygen atoms in total. The fraction of sp³-hybridized carbons (Fsp3) is 0.273. The average Bonchev–Trinajstić information content (AvgIpc) is 2.74. The molecule has 0 N–H and O–H groups in total. The predicted octanol–water partition coefficient (Wildman–Crippen LogP) is 3.13. The zero-order valence-corrected chi connectivity index (χ0v) is 15.5. The highest BCUT2D eigenvalue weighted by Gasteiger charge is 2.22. The first-order valence-electron chi connectivity index (χ1n) is 9.24. The molecule has 1 aromatic heterocycles. The standard InChI is InChI=1S/C22H23N3O2/c1-27-19-9-7-17(8-10-19)16-21(26)25-14-12-24(13-15-25)20-6-2-4-18-5-3-11-23-22(18)20/h2-11H,12-16H2,1H3. The van der Waals surface area contributed by atoms with Crippen LogP contribution in [-0.2, 0) is 11.2 Å². The minimum atomic E-state index is 0.177. The Bertz CT molecular complexity index is 926. The molecule has 0 aliphatic carbocycles. The van der Waals surface area contributed by atoms with Gasteiger partial charge in [0, 0.05) is 37.8 Å². The van der Waals surface area contributed by atoms with Gasteiger partial charge in [0.15, 0.2) is 0 Å². The van der Waals surface area contributed by atoms with E-state index in [9.17, 15) is 4.79 Å². The highest BCUT2D eigenvalue weighted by Crippen LogP contribution is 2.25. The van der Waals surface area contributed by atoms with E-state index in [-0.39, 0.29) is 5.91 Å². The van der Waals surface area contributed by atoms with E-state index in [1.165, 1.54) is 0 Å². The molecule has 2 aromatic carbocycles. The maximum absolute atomic E-state index is 12.6. The molecular formula is C22H23N3O2. The van der Waals surface area contributed by atoms with E-state index in [0.717, 1.165) is 54.1 Å². The number of methoxy groups -OCH3 is 1. The molecule has 4 rings (SSSR count). The lowest BCUT2D eigenvalue weighted by Crippen LogP contribution is -2.49. The Hall–Kier alpha value is -3.08. The summed E-state index contributed by atoms with van der Waals surface area (Å²) in [5.74, 6) is 0.986. The Morgan fingerprint density at radius 1 is 1.00 bits per heavy atom. The van der Waals surface area contributed by atoms with Gasteiger partial charge in [0.25, 0.3) is 0 Å². The molecule has 1 aliphatic rings. The number of amides is 1. The molecule has 0 saturated carbocycles. The van der Waals surface area contributed by atoms with E-state index >= 15 is 0 Å². The average molecular weight is 361 g/mol.